The van der Waals surface area contributed by atoms with E-state index in [1.54, 1.807) is 36.7 Å². The Hall–Kier alpha value is -4.00. The van der Waals surface area contributed by atoms with Gasteiger partial charge >= 0.3 is 0 Å². The van der Waals surface area contributed by atoms with E-state index >= 15 is 0 Å². The minimum Gasteiger partial charge on any atom is -0.341 e. The van der Waals surface area contributed by atoms with Crippen LogP contribution >= 0.6 is 0 Å². The Kier molecular flexibility index (Phi) is 4.28. The van der Waals surface area contributed by atoms with E-state index in [-0.39, 0.29) is 11.5 Å². The number of H-pyrrole nitrogens is 2. The minimum absolute atomic E-state index is 0.192. The second kappa shape index (κ2) is 7.30. The molecule has 32 heavy (non-hydrogen) atoms. The van der Waals surface area contributed by atoms with Gasteiger partial charge in [0.05, 0.1) is 16.4 Å². The van der Waals surface area contributed by atoms with Crippen LogP contribution in [-0.4, -0.2) is 25.8 Å². The van der Waals surface area contributed by atoms with Crippen molar-refractivity contribution in [1.29, 1.82) is 0 Å². The summed E-state index contributed by atoms with van der Waals surface area (Å²) in [6, 6.07) is 12.7. The van der Waals surface area contributed by atoms with Crippen LogP contribution < -0.4 is 10.9 Å². The Labute approximate surface area is 182 Å². The number of nitrogens with zero attached hydrogens (tertiary/aromatic N) is 2. The van der Waals surface area contributed by atoms with E-state index in [9.17, 15) is 9.59 Å². The number of imidazole rings is 1. The molecule has 0 aliphatic heterocycles. The maximum atomic E-state index is 12.9. The van der Waals surface area contributed by atoms with Crippen LogP contribution in [-0.2, 0) is 0 Å². The fourth-order valence-corrected chi connectivity index (χ4v) is 4.85. The molecule has 2 aromatic carbocycles. The highest BCUT2D eigenvalue weighted by Crippen LogP contribution is 2.37. The molecule has 3 heterocycles. The summed E-state index contributed by atoms with van der Waals surface area (Å²) in [5.41, 5.74) is 1.99. The third-order valence-corrected chi connectivity index (χ3v) is 6.41. The number of pyridine rings is 2. The first-order valence-corrected chi connectivity index (χ1v) is 10.9. The number of amides is 1. The van der Waals surface area contributed by atoms with Crippen LogP contribution in [0, 0.1) is 0 Å². The van der Waals surface area contributed by atoms with Crippen LogP contribution in [0.15, 0.2) is 59.7 Å². The molecule has 3 aromatic heterocycles. The zero-order valence-electron chi connectivity index (χ0n) is 17.3. The van der Waals surface area contributed by atoms with Crippen molar-refractivity contribution in [2.45, 2.75) is 31.6 Å². The van der Waals surface area contributed by atoms with Crippen molar-refractivity contribution in [2.24, 2.45) is 0 Å². The number of rotatable bonds is 3. The number of aromatic amines is 2. The lowest BCUT2D eigenvalue weighted by molar-refractivity contribution is 0.102. The Bertz CT molecular complexity index is 1550. The second-order valence-corrected chi connectivity index (χ2v) is 8.35. The molecule has 0 bridgehead atoms. The molecule has 3 N–H and O–H groups in total. The highest BCUT2D eigenvalue weighted by atomic mass is 16.1. The molecule has 0 unspecified atom stereocenters. The van der Waals surface area contributed by atoms with Crippen LogP contribution in [0.25, 0.3) is 32.6 Å². The number of carbonyl (C=O) groups excluding carboxylic acids is 1. The van der Waals surface area contributed by atoms with Crippen molar-refractivity contribution in [1.82, 2.24) is 19.9 Å². The monoisotopic (exact) mass is 423 g/mol. The molecule has 1 fully saturated rings. The van der Waals surface area contributed by atoms with E-state index in [4.69, 9.17) is 4.98 Å². The average molecular weight is 423 g/mol. The van der Waals surface area contributed by atoms with Crippen LogP contribution in [0.2, 0.25) is 0 Å². The molecule has 6 rings (SSSR count). The summed E-state index contributed by atoms with van der Waals surface area (Å²) < 4.78 is 0. The van der Waals surface area contributed by atoms with Crippen molar-refractivity contribution >= 4 is 44.3 Å². The Balaban J connectivity index is 1.57. The maximum absolute atomic E-state index is 12.9. The molecule has 158 valence electrons. The summed E-state index contributed by atoms with van der Waals surface area (Å²) in [5.74, 6) is 1.62. The van der Waals surface area contributed by atoms with Gasteiger partial charge in [-0.05, 0) is 48.6 Å². The summed E-state index contributed by atoms with van der Waals surface area (Å²) in [6.45, 7) is 0. The molecule has 1 amide bonds. The van der Waals surface area contributed by atoms with Crippen LogP contribution in [0.1, 0.15) is 47.8 Å². The maximum Gasteiger partial charge on any atom is 0.256 e. The SMILES string of the molecule is O=C(Nc1ccccn1)c1ccc2c(c1)c1c(=O)[nH]ccc1c1nc(C3CCCC3)[nH]c21. The summed E-state index contributed by atoms with van der Waals surface area (Å²) in [5, 5.41) is 5.76. The fraction of sp³-hybridized carbons (Fsp3) is 0.200. The largest absolute Gasteiger partial charge is 0.341 e. The lowest BCUT2D eigenvalue weighted by Crippen LogP contribution is -2.13. The highest BCUT2D eigenvalue weighted by Gasteiger charge is 2.23. The Morgan fingerprint density at radius 1 is 1.03 bits per heavy atom. The van der Waals surface area contributed by atoms with Gasteiger partial charge in [0.15, 0.2) is 0 Å². The van der Waals surface area contributed by atoms with Gasteiger partial charge in [0.25, 0.3) is 11.5 Å². The number of anilines is 1. The van der Waals surface area contributed by atoms with E-state index in [0.29, 0.717) is 22.7 Å². The standard InChI is InChI=1S/C25H21N5O2/c31-24(28-19-7-3-4-11-26-19)15-8-9-16-18(13-15)20-17(10-12-27-25(20)32)22-21(16)29-23(30-22)14-5-1-2-6-14/h3-4,7-14H,1-2,5-6H2,(H,27,32)(H,29,30)(H,26,28,31). The first-order valence-electron chi connectivity index (χ1n) is 10.9. The van der Waals surface area contributed by atoms with E-state index in [0.717, 1.165) is 45.9 Å². The predicted molar refractivity (Wildman–Crippen MR) is 125 cm³/mol. The van der Waals surface area contributed by atoms with Gasteiger partial charge in [0, 0.05) is 34.6 Å². The highest BCUT2D eigenvalue weighted by molar-refractivity contribution is 6.24. The quantitative estimate of drug-likeness (QED) is 0.360. The molecule has 0 radical (unpaired) electrons. The van der Waals surface area contributed by atoms with Gasteiger partial charge in [-0.25, -0.2) is 9.97 Å². The lowest BCUT2D eigenvalue weighted by Gasteiger charge is -2.08. The zero-order chi connectivity index (χ0) is 21.7. The normalized spacial score (nSPS) is 14.5. The van der Waals surface area contributed by atoms with E-state index in [2.05, 4.69) is 20.3 Å². The molecular weight excluding hydrogens is 402 g/mol. The fourth-order valence-electron chi connectivity index (χ4n) is 4.85. The predicted octanol–water partition coefficient (Wildman–Crippen LogP) is 4.86. The summed E-state index contributed by atoms with van der Waals surface area (Å²) >= 11 is 0. The molecule has 0 spiro atoms. The van der Waals surface area contributed by atoms with Gasteiger partial charge in [-0.1, -0.05) is 25.0 Å². The number of aromatic nitrogens is 4. The minimum atomic E-state index is -0.275. The lowest BCUT2D eigenvalue weighted by atomic mass is 9.99. The van der Waals surface area contributed by atoms with Crippen molar-refractivity contribution < 1.29 is 4.79 Å². The Morgan fingerprint density at radius 2 is 1.91 bits per heavy atom. The summed E-state index contributed by atoms with van der Waals surface area (Å²) in [7, 11) is 0. The number of benzene rings is 2. The number of hydrogen-bond acceptors (Lipinski definition) is 4. The number of fused-ring (bicyclic) bond motifs is 6. The van der Waals surface area contributed by atoms with Crippen LogP contribution in [0.3, 0.4) is 0 Å². The molecule has 1 aliphatic carbocycles. The van der Waals surface area contributed by atoms with Crippen LogP contribution in [0.5, 0.6) is 0 Å². The molecule has 7 heteroatoms. The summed E-state index contributed by atoms with van der Waals surface area (Å²) in [4.78, 5) is 41.1. The molecule has 1 saturated carbocycles. The second-order valence-electron chi connectivity index (χ2n) is 8.35. The smallest absolute Gasteiger partial charge is 0.256 e. The molecule has 0 saturated heterocycles. The molecule has 7 nitrogen and oxygen atoms in total. The van der Waals surface area contributed by atoms with E-state index in [1.165, 1.54) is 12.8 Å². The summed E-state index contributed by atoms with van der Waals surface area (Å²) in [6.07, 6.45) is 7.98. The molecule has 0 atom stereocenters. The van der Waals surface area contributed by atoms with Gasteiger partial charge in [-0.15, -0.1) is 0 Å². The van der Waals surface area contributed by atoms with E-state index in [1.807, 2.05) is 18.2 Å². The van der Waals surface area contributed by atoms with Gasteiger partial charge in [0.2, 0.25) is 0 Å². The first kappa shape index (κ1) is 18.7. The van der Waals surface area contributed by atoms with Crippen molar-refractivity contribution in [3.8, 4) is 0 Å². The topological polar surface area (TPSA) is 104 Å². The number of nitrogens with one attached hydrogen (secondary N) is 3. The van der Waals surface area contributed by atoms with Gasteiger partial charge in [-0.2, -0.15) is 0 Å². The molecule has 1 aliphatic rings. The molecule has 5 aromatic rings. The Morgan fingerprint density at radius 3 is 2.72 bits per heavy atom. The van der Waals surface area contributed by atoms with Gasteiger partial charge in [-0.3, -0.25) is 9.59 Å². The third-order valence-electron chi connectivity index (χ3n) is 6.41. The van der Waals surface area contributed by atoms with Crippen LogP contribution in [0.4, 0.5) is 5.82 Å². The van der Waals surface area contributed by atoms with Gasteiger partial charge in [0.1, 0.15) is 11.6 Å². The van der Waals surface area contributed by atoms with Crippen molar-refractivity contribution in [2.75, 3.05) is 5.32 Å². The van der Waals surface area contributed by atoms with Crippen molar-refractivity contribution in [3.63, 3.8) is 0 Å². The number of carbonyl (C=O) groups is 1. The molecular formula is C25H21N5O2. The van der Waals surface area contributed by atoms with Gasteiger partial charge < -0.3 is 15.3 Å². The third kappa shape index (κ3) is 2.97. The van der Waals surface area contributed by atoms with E-state index < -0.39 is 0 Å². The first-order chi connectivity index (χ1) is 15.7. The average Bonchev–Trinajstić information content (AvgIpc) is 3.50. The number of hydrogen-bond donors (Lipinski definition) is 3. The zero-order valence-corrected chi connectivity index (χ0v) is 17.3. The van der Waals surface area contributed by atoms with Crippen molar-refractivity contribution in [3.05, 3.63) is 76.6 Å².